The first-order valence-electron chi connectivity index (χ1n) is 5.05. The topological polar surface area (TPSA) is 49.8 Å². The van der Waals surface area contributed by atoms with E-state index in [1.54, 1.807) is 11.8 Å². The lowest BCUT2D eigenvalue weighted by atomic mass is 10.1. The van der Waals surface area contributed by atoms with Crippen molar-refractivity contribution < 1.29 is 0 Å². The van der Waals surface area contributed by atoms with Crippen LogP contribution in [-0.4, -0.2) is 5.25 Å². The van der Waals surface area contributed by atoms with Crippen LogP contribution in [0, 0.1) is 18.3 Å². The number of nitrogens with zero attached hydrogens (tertiary/aromatic N) is 1. The fraction of sp³-hybridized carbons (Fsp3) is 0.417. The maximum absolute atomic E-state index is 8.92. The van der Waals surface area contributed by atoms with E-state index in [-0.39, 0.29) is 0 Å². The fourth-order valence-electron chi connectivity index (χ4n) is 1.24. The second-order valence-corrected chi connectivity index (χ2v) is 5.16. The maximum Gasteiger partial charge on any atom is 0.101 e. The summed E-state index contributed by atoms with van der Waals surface area (Å²) >= 11 is 1.79. The number of aryl methyl sites for hydroxylation is 1. The monoisotopic (exact) mass is 220 g/mol. The van der Waals surface area contributed by atoms with E-state index >= 15 is 0 Å². The minimum atomic E-state index is 0.569. The molecule has 0 radical (unpaired) electrons. The Balaban J connectivity index is 3.02. The number of nitriles is 1. The van der Waals surface area contributed by atoms with E-state index in [0.717, 1.165) is 16.9 Å². The Labute approximate surface area is 95.5 Å². The number of anilines is 1. The Hall–Kier alpha value is -1.14. The number of rotatable bonds is 3. The summed E-state index contributed by atoms with van der Waals surface area (Å²) in [6, 6.07) is 6.05. The molecular weight excluding hydrogens is 204 g/mol. The van der Waals surface area contributed by atoms with E-state index in [9.17, 15) is 0 Å². The summed E-state index contributed by atoms with van der Waals surface area (Å²) in [7, 11) is 0. The molecule has 2 N–H and O–H groups in total. The standard InChI is InChI=1S/C12H16N2S/c1-4-9(3)15-11-5-8(2)12(14)10(6-11)7-13/h5-6,9H,4,14H2,1-3H3. The zero-order valence-corrected chi connectivity index (χ0v) is 10.2. The highest BCUT2D eigenvalue weighted by Crippen LogP contribution is 2.29. The Morgan fingerprint density at radius 1 is 1.53 bits per heavy atom. The summed E-state index contributed by atoms with van der Waals surface area (Å²) in [5.41, 5.74) is 7.97. The lowest BCUT2D eigenvalue weighted by Crippen LogP contribution is -1.97. The molecule has 1 atom stereocenters. The third kappa shape index (κ3) is 2.90. The van der Waals surface area contributed by atoms with E-state index in [0.29, 0.717) is 16.5 Å². The summed E-state index contributed by atoms with van der Waals surface area (Å²) in [5, 5.41) is 9.49. The summed E-state index contributed by atoms with van der Waals surface area (Å²) < 4.78 is 0. The van der Waals surface area contributed by atoms with Gasteiger partial charge in [0, 0.05) is 10.1 Å². The summed E-state index contributed by atoms with van der Waals surface area (Å²) in [6.45, 7) is 6.28. The predicted molar refractivity (Wildman–Crippen MR) is 65.9 cm³/mol. The van der Waals surface area contributed by atoms with Crippen molar-refractivity contribution in [3.05, 3.63) is 23.3 Å². The maximum atomic E-state index is 8.92. The van der Waals surface area contributed by atoms with Crippen LogP contribution in [0.15, 0.2) is 17.0 Å². The van der Waals surface area contributed by atoms with Crippen LogP contribution in [0.1, 0.15) is 31.4 Å². The lowest BCUT2D eigenvalue weighted by Gasteiger charge is -2.10. The molecule has 0 aliphatic carbocycles. The van der Waals surface area contributed by atoms with Gasteiger partial charge in [0.1, 0.15) is 6.07 Å². The zero-order chi connectivity index (χ0) is 11.4. The smallest absolute Gasteiger partial charge is 0.101 e. The average Bonchev–Trinajstić information content (AvgIpc) is 2.22. The van der Waals surface area contributed by atoms with Crippen LogP contribution in [-0.2, 0) is 0 Å². The summed E-state index contributed by atoms with van der Waals surface area (Å²) in [4.78, 5) is 1.13. The SMILES string of the molecule is CCC(C)Sc1cc(C)c(N)c(C#N)c1. The Bertz CT molecular complexity index is 393. The summed E-state index contributed by atoms with van der Waals surface area (Å²) in [5.74, 6) is 0. The molecule has 2 nitrogen and oxygen atoms in total. The van der Waals surface area contributed by atoms with Gasteiger partial charge in [-0.25, -0.2) is 0 Å². The van der Waals surface area contributed by atoms with Gasteiger partial charge in [0.15, 0.2) is 0 Å². The minimum Gasteiger partial charge on any atom is -0.397 e. The van der Waals surface area contributed by atoms with Crippen molar-refractivity contribution in [1.29, 1.82) is 5.26 Å². The molecule has 0 fully saturated rings. The Kier molecular flexibility index (Phi) is 4.05. The van der Waals surface area contributed by atoms with Gasteiger partial charge in [-0.2, -0.15) is 5.26 Å². The molecule has 0 aromatic heterocycles. The third-order valence-corrected chi connectivity index (χ3v) is 3.64. The van der Waals surface area contributed by atoms with Gasteiger partial charge in [0.2, 0.25) is 0 Å². The van der Waals surface area contributed by atoms with Gasteiger partial charge in [-0.05, 0) is 31.0 Å². The molecule has 0 bridgehead atoms. The molecular formula is C12H16N2S. The number of hydrogen-bond acceptors (Lipinski definition) is 3. The van der Waals surface area contributed by atoms with Gasteiger partial charge in [-0.3, -0.25) is 0 Å². The van der Waals surface area contributed by atoms with Crippen LogP contribution in [0.25, 0.3) is 0 Å². The van der Waals surface area contributed by atoms with Crippen molar-refractivity contribution in [3.63, 3.8) is 0 Å². The highest BCUT2D eigenvalue weighted by molar-refractivity contribution is 7.99. The molecule has 1 rings (SSSR count). The Morgan fingerprint density at radius 2 is 2.20 bits per heavy atom. The van der Waals surface area contributed by atoms with E-state index in [1.807, 2.05) is 19.1 Å². The van der Waals surface area contributed by atoms with Crippen LogP contribution in [0.3, 0.4) is 0 Å². The van der Waals surface area contributed by atoms with Crippen LogP contribution in [0.5, 0.6) is 0 Å². The van der Waals surface area contributed by atoms with E-state index < -0.39 is 0 Å². The van der Waals surface area contributed by atoms with Gasteiger partial charge in [-0.15, -0.1) is 11.8 Å². The molecule has 0 spiro atoms. The largest absolute Gasteiger partial charge is 0.397 e. The van der Waals surface area contributed by atoms with Crippen molar-refractivity contribution in [1.82, 2.24) is 0 Å². The van der Waals surface area contributed by atoms with Crippen molar-refractivity contribution in [3.8, 4) is 6.07 Å². The molecule has 0 aliphatic heterocycles. The van der Waals surface area contributed by atoms with Crippen LogP contribution >= 0.6 is 11.8 Å². The molecule has 80 valence electrons. The van der Waals surface area contributed by atoms with Gasteiger partial charge in [0.25, 0.3) is 0 Å². The van der Waals surface area contributed by atoms with Gasteiger partial charge in [-0.1, -0.05) is 13.8 Å². The Morgan fingerprint density at radius 3 is 2.73 bits per heavy atom. The first-order chi connectivity index (χ1) is 7.08. The molecule has 0 saturated carbocycles. The van der Waals surface area contributed by atoms with Crippen LogP contribution in [0.2, 0.25) is 0 Å². The van der Waals surface area contributed by atoms with Gasteiger partial charge < -0.3 is 5.73 Å². The van der Waals surface area contributed by atoms with Crippen LogP contribution in [0.4, 0.5) is 5.69 Å². The summed E-state index contributed by atoms with van der Waals surface area (Å²) in [6.07, 6.45) is 1.12. The average molecular weight is 220 g/mol. The predicted octanol–water partition coefficient (Wildman–Crippen LogP) is 3.34. The van der Waals surface area contributed by atoms with Gasteiger partial charge in [0.05, 0.1) is 11.3 Å². The molecule has 0 aliphatic rings. The number of nitrogen functional groups attached to an aromatic ring is 1. The van der Waals surface area contributed by atoms with Crippen molar-refractivity contribution >= 4 is 17.4 Å². The second kappa shape index (κ2) is 5.09. The van der Waals surface area contributed by atoms with Crippen molar-refractivity contribution in [2.24, 2.45) is 0 Å². The number of thioether (sulfide) groups is 1. The first-order valence-corrected chi connectivity index (χ1v) is 5.93. The molecule has 0 saturated heterocycles. The van der Waals surface area contributed by atoms with E-state index in [4.69, 9.17) is 11.0 Å². The number of hydrogen-bond donors (Lipinski definition) is 1. The molecule has 0 amide bonds. The van der Waals surface area contributed by atoms with Crippen LogP contribution < -0.4 is 5.73 Å². The highest BCUT2D eigenvalue weighted by Gasteiger charge is 2.07. The second-order valence-electron chi connectivity index (χ2n) is 3.65. The van der Waals surface area contributed by atoms with Crippen molar-refractivity contribution in [2.75, 3.05) is 5.73 Å². The van der Waals surface area contributed by atoms with Gasteiger partial charge >= 0.3 is 0 Å². The normalized spacial score (nSPS) is 12.1. The quantitative estimate of drug-likeness (QED) is 0.628. The number of benzene rings is 1. The molecule has 1 unspecified atom stereocenters. The number of nitrogens with two attached hydrogens (primary N) is 1. The lowest BCUT2D eigenvalue weighted by molar-refractivity contribution is 0.905. The van der Waals surface area contributed by atoms with E-state index in [2.05, 4.69) is 19.9 Å². The molecule has 1 aromatic rings. The highest BCUT2D eigenvalue weighted by atomic mass is 32.2. The molecule has 1 aromatic carbocycles. The molecule has 0 heterocycles. The van der Waals surface area contributed by atoms with Crippen molar-refractivity contribution in [2.45, 2.75) is 37.3 Å². The van der Waals surface area contributed by atoms with E-state index in [1.165, 1.54) is 0 Å². The molecule has 15 heavy (non-hydrogen) atoms. The molecule has 3 heteroatoms. The first kappa shape index (κ1) is 11.9. The third-order valence-electron chi connectivity index (χ3n) is 2.39. The minimum absolute atomic E-state index is 0.569. The fourth-order valence-corrected chi connectivity index (χ4v) is 2.30. The zero-order valence-electron chi connectivity index (χ0n) is 9.37.